The maximum Gasteiger partial charge on any atom is 0.224 e. The van der Waals surface area contributed by atoms with Gasteiger partial charge in [-0.05, 0) is 44.0 Å². The molecule has 106 valence electrons. The van der Waals surface area contributed by atoms with E-state index in [0.717, 1.165) is 12.1 Å². The molecule has 0 saturated heterocycles. The van der Waals surface area contributed by atoms with Crippen molar-refractivity contribution in [3.8, 4) is 0 Å². The third kappa shape index (κ3) is 3.50. The molecule has 0 radical (unpaired) electrons. The van der Waals surface area contributed by atoms with Crippen LogP contribution in [-0.4, -0.2) is 17.0 Å². The molecule has 2 rings (SSSR count). The molecule has 1 N–H and O–H groups in total. The molecule has 0 aliphatic carbocycles. The number of amides is 1. The second-order valence-corrected chi connectivity index (χ2v) is 5.22. The van der Waals surface area contributed by atoms with Gasteiger partial charge in [-0.3, -0.25) is 4.79 Å². The standard InChI is InChI=1S/C17H22N2O/c1-13-6-4-5-7-16(13)12-17(20)18-10-11-19-14(2)8-9-15(19)3/h4-9H,10-12H2,1-3H3,(H,18,20). The van der Waals surface area contributed by atoms with Crippen LogP contribution in [0, 0.1) is 20.8 Å². The fourth-order valence-electron chi connectivity index (χ4n) is 2.40. The summed E-state index contributed by atoms with van der Waals surface area (Å²) in [5.74, 6) is 0.0850. The molecule has 1 aromatic carbocycles. The number of nitrogens with one attached hydrogen (secondary N) is 1. The Morgan fingerprint density at radius 2 is 1.70 bits per heavy atom. The molecular weight excluding hydrogens is 248 g/mol. The Labute approximate surface area is 120 Å². The zero-order chi connectivity index (χ0) is 14.5. The summed E-state index contributed by atoms with van der Waals surface area (Å²) in [7, 11) is 0. The Kier molecular flexibility index (Phi) is 4.61. The van der Waals surface area contributed by atoms with Gasteiger partial charge in [-0.1, -0.05) is 24.3 Å². The third-order valence-corrected chi connectivity index (χ3v) is 3.69. The van der Waals surface area contributed by atoms with E-state index >= 15 is 0 Å². The van der Waals surface area contributed by atoms with Crippen LogP contribution < -0.4 is 5.32 Å². The van der Waals surface area contributed by atoms with Crippen molar-refractivity contribution in [3.05, 3.63) is 58.9 Å². The van der Waals surface area contributed by atoms with Gasteiger partial charge in [0, 0.05) is 24.5 Å². The highest BCUT2D eigenvalue weighted by Crippen LogP contribution is 2.08. The lowest BCUT2D eigenvalue weighted by molar-refractivity contribution is -0.120. The first-order chi connectivity index (χ1) is 9.58. The summed E-state index contributed by atoms with van der Waals surface area (Å²) in [4.78, 5) is 11.9. The number of aromatic nitrogens is 1. The average molecular weight is 270 g/mol. The molecule has 1 heterocycles. The average Bonchev–Trinajstić information content (AvgIpc) is 2.73. The molecule has 1 aromatic heterocycles. The van der Waals surface area contributed by atoms with E-state index in [1.54, 1.807) is 0 Å². The molecule has 0 fully saturated rings. The van der Waals surface area contributed by atoms with Crippen molar-refractivity contribution < 1.29 is 4.79 Å². The summed E-state index contributed by atoms with van der Waals surface area (Å²) < 4.78 is 2.22. The molecule has 1 amide bonds. The number of aryl methyl sites for hydroxylation is 3. The van der Waals surface area contributed by atoms with Gasteiger partial charge in [0.15, 0.2) is 0 Å². The number of nitrogens with zero attached hydrogens (tertiary/aromatic N) is 1. The van der Waals surface area contributed by atoms with Gasteiger partial charge >= 0.3 is 0 Å². The van der Waals surface area contributed by atoms with E-state index in [2.05, 4.69) is 35.9 Å². The molecular formula is C17H22N2O. The molecule has 3 nitrogen and oxygen atoms in total. The summed E-state index contributed by atoms with van der Waals surface area (Å²) in [6, 6.07) is 12.2. The summed E-state index contributed by atoms with van der Waals surface area (Å²) in [5, 5.41) is 2.99. The molecule has 0 aliphatic rings. The van der Waals surface area contributed by atoms with E-state index < -0.39 is 0 Å². The van der Waals surface area contributed by atoms with Crippen molar-refractivity contribution in [3.63, 3.8) is 0 Å². The van der Waals surface area contributed by atoms with Crippen molar-refractivity contribution in [1.29, 1.82) is 0 Å². The summed E-state index contributed by atoms with van der Waals surface area (Å²) in [5.41, 5.74) is 4.73. The quantitative estimate of drug-likeness (QED) is 0.890. The lowest BCUT2D eigenvalue weighted by Crippen LogP contribution is -2.29. The van der Waals surface area contributed by atoms with E-state index in [1.165, 1.54) is 17.0 Å². The van der Waals surface area contributed by atoms with Crippen molar-refractivity contribution in [2.75, 3.05) is 6.54 Å². The van der Waals surface area contributed by atoms with Gasteiger partial charge in [0.2, 0.25) is 5.91 Å². The predicted molar refractivity (Wildman–Crippen MR) is 81.8 cm³/mol. The number of rotatable bonds is 5. The minimum atomic E-state index is 0.0850. The van der Waals surface area contributed by atoms with Gasteiger partial charge < -0.3 is 9.88 Å². The van der Waals surface area contributed by atoms with Crippen LogP contribution >= 0.6 is 0 Å². The van der Waals surface area contributed by atoms with Gasteiger partial charge in [-0.15, -0.1) is 0 Å². The number of carbonyl (C=O) groups is 1. The van der Waals surface area contributed by atoms with Crippen LogP contribution in [-0.2, 0) is 17.8 Å². The Morgan fingerprint density at radius 3 is 2.35 bits per heavy atom. The van der Waals surface area contributed by atoms with Crippen LogP contribution in [0.1, 0.15) is 22.5 Å². The second-order valence-electron chi connectivity index (χ2n) is 5.22. The van der Waals surface area contributed by atoms with Crippen LogP contribution in [0.15, 0.2) is 36.4 Å². The van der Waals surface area contributed by atoms with Gasteiger partial charge in [0.1, 0.15) is 0 Å². The molecule has 0 bridgehead atoms. The highest BCUT2D eigenvalue weighted by molar-refractivity contribution is 5.78. The SMILES string of the molecule is Cc1ccccc1CC(=O)NCCn1c(C)ccc1C. The van der Waals surface area contributed by atoms with Crippen LogP contribution in [0.5, 0.6) is 0 Å². The second kappa shape index (κ2) is 6.42. The molecule has 0 spiro atoms. The monoisotopic (exact) mass is 270 g/mol. The lowest BCUT2D eigenvalue weighted by Gasteiger charge is -2.11. The van der Waals surface area contributed by atoms with Crippen LogP contribution in [0.25, 0.3) is 0 Å². The van der Waals surface area contributed by atoms with Gasteiger partial charge in [0.25, 0.3) is 0 Å². The first-order valence-corrected chi connectivity index (χ1v) is 7.02. The Morgan fingerprint density at radius 1 is 1.05 bits per heavy atom. The third-order valence-electron chi connectivity index (χ3n) is 3.69. The fraction of sp³-hybridized carbons (Fsp3) is 0.353. The lowest BCUT2D eigenvalue weighted by atomic mass is 10.1. The molecule has 3 heteroatoms. The normalized spacial score (nSPS) is 10.6. The Bertz CT molecular complexity index is 579. The molecule has 2 aromatic rings. The van der Waals surface area contributed by atoms with Crippen molar-refractivity contribution >= 4 is 5.91 Å². The highest BCUT2D eigenvalue weighted by Gasteiger charge is 2.06. The maximum absolute atomic E-state index is 11.9. The minimum absolute atomic E-state index is 0.0850. The number of carbonyl (C=O) groups excluding carboxylic acids is 1. The van der Waals surface area contributed by atoms with Gasteiger partial charge in [-0.25, -0.2) is 0 Å². The van der Waals surface area contributed by atoms with Crippen LogP contribution in [0.2, 0.25) is 0 Å². The smallest absolute Gasteiger partial charge is 0.224 e. The van der Waals surface area contributed by atoms with Crippen LogP contribution in [0.3, 0.4) is 0 Å². The zero-order valence-corrected chi connectivity index (χ0v) is 12.4. The minimum Gasteiger partial charge on any atom is -0.354 e. The Hall–Kier alpha value is -2.03. The maximum atomic E-state index is 11.9. The first-order valence-electron chi connectivity index (χ1n) is 7.02. The fourth-order valence-corrected chi connectivity index (χ4v) is 2.40. The highest BCUT2D eigenvalue weighted by atomic mass is 16.1. The van der Waals surface area contributed by atoms with E-state index in [0.29, 0.717) is 13.0 Å². The topological polar surface area (TPSA) is 34.0 Å². The number of hydrogen-bond donors (Lipinski definition) is 1. The Balaban J connectivity index is 1.83. The molecule has 0 saturated carbocycles. The predicted octanol–water partition coefficient (Wildman–Crippen LogP) is 2.77. The summed E-state index contributed by atoms with van der Waals surface area (Å²) in [6.45, 7) is 7.70. The van der Waals surface area contributed by atoms with E-state index in [9.17, 15) is 4.79 Å². The summed E-state index contributed by atoms with van der Waals surface area (Å²) in [6.07, 6.45) is 0.455. The number of benzene rings is 1. The zero-order valence-electron chi connectivity index (χ0n) is 12.4. The molecule has 0 aliphatic heterocycles. The summed E-state index contributed by atoms with van der Waals surface area (Å²) >= 11 is 0. The van der Waals surface area contributed by atoms with Crippen molar-refractivity contribution in [1.82, 2.24) is 9.88 Å². The van der Waals surface area contributed by atoms with Gasteiger partial charge in [-0.2, -0.15) is 0 Å². The molecule has 20 heavy (non-hydrogen) atoms. The van der Waals surface area contributed by atoms with Crippen LogP contribution in [0.4, 0.5) is 0 Å². The number of hydrogen-bond acceptors (Lipinski definition) is 1. The van der Waals surface area contributed by atoms with E-state index in [1.807, 2.05) is 31.2 Å². The van der Waals surface area contributed by atoms with Crippen molar-refractivity contribution in [2.45, 2.75) is 33.7 Å². The van der Waals surface area contributed by atoms with E-state index in [-0.39, 0.29) is 5.91 Å². The molecule has 0 atom stereocenters. The van der Waals surface area contributed by atoms with Crippen molar-refractivity contribution in [2.24, 2.45) is 0 Å². The largest absolute Gasteiger partial charge is 0.354 e. The van der Waals surface area contributed by atoms with E-state index in [4.69, 9.17) is 0 Å². The molecule has 0 unspecified atom stereocenters. The van der Waals surface area contributed by atoms with Gasteiger partial charge in [0.05, 0.1) is 6.42 Å². The first kappa shape index (κ1) is 14.4.